The molecule has 0 spiro atoms. The molecular formula is C30H41N7O8. The molecule has 3 aromatic heterocycles. The Labute approximate surface area is 261 Å². The Balaban J connectivity index is 1.70. The maximum Gasteiger partial charge on any atom is 0.416 e. The lowest BCUT2D eigenvalue weighted by molar-refractivity contribution is 0.0524. The van der Waals surface area contributed by atoms with Gasteiger partial charge in [0.05, 0.1) is 12.8 Å². The van der Waals surface area contributed by atoms with E-state index in [1.54, 1.807) is 60.7 Å². The third-order valence-corrected chi connectivity index (χ3v) is 5.80. The van der Waals surface area contributed by atoms with Gasteiger partial charge >= 0.3 is 18.2 Å². The van der Waals surface area contributed by atoms with E-state index in [4.69, 9.17) is 18.6 Å². The number of amides is 3. The minimum absolute atomic E-state index is 0.0491. The number of aryl methyl sites for hydroxylation is 1. The second kappa shape index (κ2) is 14.7. The number of alkyl carbamates (subject to hydrolysis) is 1. The summed E-state index contributed by atoms with van der Waals surface area (Å²) >= 11 is 0. The van der Waals surface area contributed by atoms with Gasteiger partial charge in [-0.3, -0.25) is 14.4 Å². The number of nitrogens with one attached hydrogen (secondary N) is 2. The lowest BCUT2D eigenvalue weighted by atomic mass is 10.2. The van der Waals surface area contributed by atoms with E-state index in [-0.39, 0.29) is 23.0 Å². The van der Waals surface area contributed by atoms with E-state index in [9.17, 15) is 19.2 Å². The summed E-state index contributed by atoms with van der Waals surface area (Å²) in [7, 11) is 2.81. The van der Waals surface area contributed by atoms with Gasteiger partial charge in [0.25, 0.3) is 5.91 Å². The molecule has 0 fully saturated rings. The Kier molecular flexibility index (Phi) is 11.3. The van der Waals surface area contributed by atoms with Crippen LogP contribution < -0.4 is 15.5 Å². The van der Waals surface area contributed by atoms with Gasteiger partial charge in [0.15, 0.2) is 11.4 Å². The van der Waals surface area contributed by atoms with Crippen LogP contribution in [-0.4, -0.2) is 75.2 Å². The first kappa shape index (κ1) is 34.5. The molecule has 0 aliphatic rings. The van der Waals surface area contributed by atoms with Crippen molar-refractivity contribution in [2.45, 2.75) is 72.0 Å². The average molecular weight is 628 g/mol. The molecule has 15 nitrogen and oxygen atoms in total. The number of oxazole rings is 1. The summed E-state index contributed by atoms with van der Waals surface area (Å²) in [6, 6.07) is 3.24. The van der Waals surface area contributed by atoms with E-state index in [0.717, 1.165) is 0 Å². The molecule has 244 valence electrons. The van der Waals surface area contributed by atoms with Crippen molar-refractivity contribution < 1.29 is 37.8 Å². The Hall–Kier alpha value is -4.95. The van der Waals surface area contributed by atoms with E-state index >= 15 is 0 Å². The summed E-state index contributed by atoms with van der Waals surface area (Å²) in [5.74, 6) is -0.923. The molecule has 3 rings (SSSR count). The number of carbonyl (C=O) groups excluding carboxylic acids is 4. The topological polar surface area (TPSA) is 180 Å². The average Bonchev–Trinajstić information content (AvgIpc) is 3.57. The summed E-state index contributed by atoms with van der Waals surface area (Å²) in [6.07, 6.45) is 5.07. The van der Waals surface area contributed by atoms with Crippen LogP contribution >= 0.6 is 0 Å². The van der Waals surface area contributed by atoms with Crippen molar-refractivity contribution in [3.05, 3.63) is 42.2 Å². The molecule has 0 aromatic carbocycles. The highest BCUT2D eigenvalue weighted by molar-refractivity contribution is 6.06. The fourth-order valence-corrected chi connectivity index (χ4v) is 3.92. The van der Waals surface area contributed by atoms with Crippen molar-refractivity contribution in [1.82, 2.24) is 25.1 Å². The summed E-state index contributed by atoms with van der Waals surface area (Å²) in [6.45, 7) is 11.4. The molecule has 3 aromatic rings. The maximum absolute atomic E-state index is 13.2. The highest BCUT2D eigenvalue weighted by atomic mass is 16.6. The lowest BCUT2D eigenvalue weighted by Crippen LogP contribution is -2.38. The molecule has 0 aliphatic carbocycles. The third-order valence-electron chi connectivity index (χ3n) is 5.80. The van der Waals surface area contributed by atoms with Crippen LogP contribution in [0.2, 0.25) is 0 Å². The zero-order chi connectivity index (χ0) is 33.4. The van der Waals surface area contributed by atoms with Gasteiger partial charge in [0.1, 0.15) is 23.3 Å². The number of pyridine rings is 1. The third kappa shape index (κ3) is 10.6. The van der Waals surface area contributed by atoms with Gasteiger partial charge < -0.3 is 29.3 Å². The standard InChI is InChI=1S/C30H41N7O8/c1-29(2,3)44-27(40)32-13-10-9-11-15-37(28(41)45-30(4,5)6)22-16-19(12-14-31-22)25-34-21(18-43-25)24(38)33-20-17-36(7)35-23(20)26(39)42-8/h12,14,16-18H,9-11,13,15H2,1-8H3,(H,32,40)(H,33,38). The molecule has 0 radical (unpaired) electrons. The quantitative estimate of drug-likeness (QED) is 0.167. The first-order chi connectivity index (χ1) is 21.1. The number of nitrogens with zero attached hydrogens (tertiary/aromatic N) is 5. The zero-order valence-electron chi connectivity index (χ0n) is 26.9. The van der Waals surface area contributed by atoms with Crippen molar-refractivity contribution in [2.24, 2.45) is 7.05 Å². The summed E-state index contributed by atoms with van der Waals surface area (Å²) in [4.78, 5) is 60.0. The summed E-state index contributed by atoms with van der Waals surface area (Å²) in [5, 5.41) is 9.32. The summed E-state index contributed by atoms with van der Waals surface area (Å²) in [5.41, 5.74) is -0.806. The maximum atomic E-state index is 13.2. The monoisotopic (exact) mass is 627 g/mol. The number of carbonyl (C=O) groups is 4. The Morgan fingerprint density at radius 1 is 1.02 bits per heavy atom. The van der Waals surface area contributed by atoms with E-state index in [2.05, 4.69) is 25.7 Å². The molecule has 2 N–H and O–H groups in total. The Morgan fingerprint density at radius 2 is 1.73 bits per heavy atom. The van der Waals surface area contributed by atoms with Gasteiger partial charge in [0, 0.05) is 38.1 Å². The molecule has 0 saturated carbocycles. The molecule has 3 amide bonds. The van der Waals surface area contributed by atoms with Gasteiger partial charge in [-0.15, -0.1) is 0 Å². The van der Waals surface area contributed by atoms with Crippen molar-refractivity contribution >= 4 is 35.6 Å². The number of rotatable bonds is 11. The van der Waals surface area contributed by atoms with Gasteiger partial charge in [-0.1, -0.05) is 0 Å². The minimum atomic E-state index is -0.739. The SMILES string of the molecule is COC(=O)c1nn(C)cc1NC(=O)c1coc(-c2ccnc(N(CCCCCNC(=O)OC(C)(C)C)C(=O)OC(C)(C)C)c2)n1. The van der Waals surface area contributed by atoms with E-state index in [1.165, 1.54) is 35.3 Å². The Morgan fingerprint density at radius 3 is 2.40 bits per heavy atom. The van der Waals surface area contributed by atoms with E-state index in [0.29, 0.717) is 43.7 Å². The van der Waals surface area contributed by atoms with Gasteiger partial charge in [0.2, 0.25) is 5.89 Å². The van der Waals surface area contributed by atoms with Gasteiger partial charge in [-0.25, -0.2) is 24.4 Å². The van der Waals surface area contributed by atoms with Crippen molar-refractivity contribution in [3.63, 3.8) is 0 Å². The first-order valence-electron chi connectivity index (χ1n) is 14.4. The van der Waals surface area contributed by atoms with Crippen LogP contribution in [-0.2, 0) is 21.3 Å². The first-order valence-corrected chi connectivity index (χ1v) is 14.4. The van der Waals surface area contributed by atoms with Gasteiger partial charge in [-0.2, -0.15) is 5.10 Å². The number of esters is 1. The number of ether oxygens (including phenoxy) is 3. The van der Waals surface area contributed by atoms with Crippen molar-refractivity contribution in [3.8, 4) is 11.5 Å². The van der Waals surface area contributed by atoms with Crippen LogP contribution in [0.3, 0.4) is 0 Å². The zero-order valence-corrected chi connectivity index (χ0v) is 26.9. The largest absolute Gasteiger partial charge is 0.464 e. The van der Waals surface area contributed by atoms with Crippen LogP contribution in [0.15, 0.2) is 35.2 Å². The minimum Gasteiger partial charge on any atom is -0.464 e. The number of hydrogen-bond donors (Lipinski definition) is 2. The second-order valence-electron chi connectivity index (χ2n) is 12.1. The molecule has 3 heterocycles. The Bertz CT molecular complexity index is 1500. The normalized spacial score (nSPS) is 11.5. The molecule has 0 bridgehead atoms. The smallest absolute Gasteiger partial charge is 0.416 e. The molecule has 0 unspecified atom stereocenters. The van der Waals surface area contributed by atoms with Crippen LogP contribution in [0.1, 0.15) is 81.8 Å². The molecule has 15 heteroatoms. The van der Waals surface area contributed by atoms with Crippen LogP contribution in [0.5, 0.6) is 0 Å². The van der Waals surface area contributed by atoms with Crippen molar-refractivity contribution in [2.75, 3.05) is 30.4 Å². The number of methoxy groups -OCH3 is 1. The van der Waals surface area contributed by atoms with E-state index < -0.39 is 35.3 Å². The molecular weight excluding hydrogens is 586 g/mol. The highest BCUT2D eigenvalue weighted by Crippen LogP contribution is 2.25. The van der Waals surface area contributed by atoms with Crippen LogP contribution in [0.25, 0.3) is 11.5 Å². The van der Waals surface area contributed by atoms with Gasteiger partial charge in [-0.05, 0) is 72.9 Å². The number of aromatic nitrogens is 4. The van der Waals surface area contributed by atoms with Crippen molar-refractivity contribution in [1.29, 1.82) is 0 Å². The number of hydrogen-bond acceptors (Lipinski definition) is 11. The van der Waals surface area contributed by atoms with E-state index in [1.807, 2.05) is 0 Å². The predicted octanol–water partition coefficient (Wildman–Crippen LogP) is 4.95. The fraction of sp³-hybridized carbons (Fsp3) is 0.500. The predicted molar refractivity (Wildman–Crippen MR) is 164 cm³/mol. The molecule has 0 atom stereocenters. The molecule has 0 aliphatic heterocycles. The lowest BCUT2D eigenvalue weighted by Gasteiger charge is -2.27. The molecule has 0 saturated heterocycles. The number of anilines is 2. The molecule has 45 heavy (non-hydrogen) atoms. The number of unbranched alkanes of at least 4 members (excludes halogenated alkanes) is 2. The summed E-state index contributed by atoms with van der Waals surface area (Å²) < 4.78 is 22.5. The van der Waals surface area contributed by atoms with Crippen LogP contribution in [0, 0.1) is 0 Å². The fourth-order valence-electron chi connectivity index (χ4n) is 3.92. The van der Waals surface area contributed by atoms with Crippen LogP contribution in [0.4, 0.5) is 21.1 Å². The highest BCUT2D eigenvalue weighted by Gasteiger charge is 2.26. The second-order valence-corrected chi connectivity index (χ2v) is 12.1.